The molecule has 0 spiro atoms. The molecule has 3 N–H and O–H groups in total. The van der Waals surface area contributed by atoms with Crippen LogP contribution in [0.4, 0.5) is 0 Å². The second kappa shape index (κ2) is 7.35. The van der Waals surface area contributed by atoms with Crippen LogP contribution in [0.15, 0.2) is 33.3 Å². The van der Waals surface area contributed by atoms with E-state index >= 15 is 0 Å². The summed E-state index contributed by atoms with van der Waals surface area (Å²) in [6.45, 7) is 3.00. The lowest BCUT2D eigenvalue weighted by atomic mass is 10.0. The molecule has 0 saturated carbocycles. The third kappa shape index (κ3) is 3.44. The highest BCUT2D eigenvalue weighted by Gasteiger charge is 2.22. The maximum atomic E-state index is 5.82. The summed E-state index contributed by atoms with van der Waals surface area (Å²) < 4.78 is 5.14. The Morgan fingerprint density at radius 3 is 2.85 bits per heavy atom. The molecule has 0 bridgehead atoms. The number of nitrogens with one attached hydrogen (secondary N) is 1. The van der Waals surface area contributed by atoms with Crippen molar-refractivity contribution in [1.82, 2.24) is 15.2 Å². The zero-order valence-electron chi connectivity index (χ0n) is 10.9. The van der Waals surface area contributed by atoms with Crippen molar-refractivity contribution in [2.45, 2.75) is 25.9 Å². The fourth-order valence-electron chi connectivity index (χ4n) is 2.10. The average Bonchev–Trinajstić information content (AvgIpc) is 2.77. The van der Waals surface area contributed by atoms with Crippen LogP contribution in [0.5, 0.6) is 0 Å². The maximum absolute atomic E-state index is 5.82. The highest BCUT2D eigenvalue weighted by atomic mass is 127. The normalized spacial score (nSPS) is 12.7. The first-order valence-corrected chi connectivity index (χ1v) is 8.87. The molecule has 4 nitrogen and oxygen atoms in total. The van der Waals surface area contributed by atoms with Gasteiger partial charge in [-0.3, -0.25) is 10.5 Å². The number of aromatic nitrogens is 2. The van der Waals surface area contributed by atoms with E-state index in [1.165, 1.54) is 0 Å². The lowest BCUT2D eigenvalue weighted by Crippen LogP contribution is -2.31. The van der Waals surface area contributed by atoms with Gasteiger partial charge in [0.1, 0.15) is 0 Å². The van der Waals surface area contributed by atoms with Gasteiger partial charge in [-0.15, -0.1) is 0 Å². The number of hydrazine groups is 1. The van der Waals surface area contributed by atoms with Crippen molar-refractivity contribution in [3.05, 3.63) is 48.2 Å². The first-order valence-electron chi connectivity index (χ1n) is 6.20. The smallest absolute Gasteiger partial charge is 0.0900 e. The minimum atomic E-state index is -0.108. The molecule has 1 aromatic heterocycles. The topological polar surface area (TPSA) is 55.9 Å². The minimum absolute atomic E-state index is 0.108. The van der Waals surface area contributed by atoms with Gasteiger partial charge in [-0.05, 0) is 68.7 Å². The van der Waals surface area contributed by atoms with Crippen molar-refractivity contribution < 1.29 is 0 Å². The molecule has 0 radical (unpaired) electrons. The predicted octanol–water partition coefficient (Wildman–Crippen LogP) is 3.98. The highest BCUT2D eigenvalue weighted by molar-refractivity contribution is 14.1. The van der Waals surface area contributed by atoms with Gasteiger partial charge in [0.15, 0.2) is 0 Å². The van der Waals surface area contributed by atoms with Gasteiger partial charge in [0, 0.05) is 14.6 Å². The minimum Gasteiger partial charge on any atom is -0.271 e. The molecule has 1 heterocycles. The molecule has 108 valence electrons. The summed E-state index contributed by atoms with van der Waals surface area (Å²) in [6.07, 6.45) is 2.84. The molecule has 2 aromatic rings. The zero-order chi connectivity index (χ0) is 14.7. The molecule has 1 atom stereocenters. The monoisotopic (exact) mass is 512 g/mol. The Morgan fingerprint density at radius 2 is 2.20 bits per heavy atom. The summed E-state index contributed by atoms with van der Waals surface area (Å²) >= 11 is 9.42. The van der Waals surface area contributed by atoms with E-state index in [1.807, 2.05) is 16.9 Å². The molecular weight excluding hydrogens is 499 g/mol. The molecule has 20 heavy (non-hydrogen) atoms. The third-order valence-corrected chi connectivity index (χ3v) is 5.06. The van der Waals surface area contributed by atoms with Gasteiger partial charge < -0.3 is 0 Å². The fraction of sp³-hybridized carbons (Fsp3) is 0.308. The van der Waals surface area contributed by atoms with Crippen molar-refractivity contribution in [3.8, 4) is 0 Å². The summed E-state index contributed by atoms with van der Waals surface area (Å²) in [5.41, 5.74) is 5.08. The Labute approximate surface area is 148 Å². The Morgan fingerprint density at radius 1 is 1.45 bits per heavy atom. The van der Waals surface area contributed by atoms with Crippen LogP contribution in [0.25, 0.3) is 0 Å². The molecule has 0 aliphatic rings. The number of nitrogens with zero attached hydrogens (tertiary/aromatic N) is 2. The SMILES string of the molecule is CCCn1ncc(Br)c1C(NN)c1cc(Br)ccc1I. The molecular formula is C13H15Br2IN4. The lowest BCUT2D eigenvalue weighted by molar-refractivity contribution is 0.518. The molecule has 0 fully saturated rings. The van der Waals surface area contributed by atoms with Crippen LogP contribution in [0, 0.1) is 3.57 Å². The second-order valence-electron chi connectivity index (χ2n) is 4.37. The van der Waals surface area contributed by atoms with E-state index in [1.54, 1.807) is 0 Å². The van der Waals surface area contributed by atoms with E-state index in [0.717, 1.165) is 36.7 Å². The molecule has 0 aliphatic heterocycles. The molecule has 7 heteroatoms. The van der Waals surface area contributed by atoms with E-state index in [4.69, 9.17) is 5.84 Å². The molecule has 1 unspecified atom stereocenters. The number of hydrogen-bond acceptors (Lipinski definition) is 3. The number of halogens is 3. The number of hydrogen-bond donors (Lipinski definition) is 2. The molecule has 0 aliphatic carbocycles. The molecule has 2 rings (SSSR count). The summed E-state index contributed by atoms with van der Waals surface area (Å²) in [5, 5.41) is 4.41. The van der Waals surface area contributed by atoms with Crippen molar-refractivity contribution in [3.63, 3.8) is 0 Å². The van der Waals surface area contributed by atoms with Gasteiger partial charge in [-0.25, -0.2) is 5.43 Å². The van der Waals surface area contributed by atoms with E-state index in [0.29, 0.717) is 0 Å². The quantitative estimate of drug-likeness (QED) is 0.361. The lowest BCUT2D eigenvalue weighted by Gasteiger charge is -2.20. The maximum Gasteiger partial charge on any atom is 0.0900 e. The Balaban J connectivity index is 2.52. The van der Waals surface area contributed by atoms with Gasteiger partial charge in [0.05, 0.1) is 22.4 Å². The summed E-state index contributed by atoms with van der Waals surface area (Å²) in [5.74, 6) is 5.82. The first kappa shape index (κ1) is 16.4. The zero-order valence-corrected chi connectivity index (χ0v) is 16.2. The van der Waals surface area contributed by atoms with Crippen LogP contribution in [0.3, 0.4) is 0 Å². The first-order chi connectivity index (χ1) is 9.58. The van der Waals surface area contributed by atoms with Crippen LogP contribution in [-0.2, 0) is 6.54 Å². The van der Waals surface area contributed by atoms with E-state index in [9.17, 15) is 0 Å². The van der Waals surface area contributed by atoms with E-state index in [-0.39, 0.29) is 6.04 Å². The molecule has 1 aromatic carbocycles. The van der Waals surface area contributed by atoms with Crippen LogP contribution < -0.4 is 11.3 Å². The Hall–Kier alpha value is 0.0400. The third-order valence-electron chi connectivity index (χ3n) is 2.98. The number of aryl methyl sites for hydroxylation is 1. The van der Waals surface area contributed by atoms with E-state index in [2.05, 4.69) is 84.0 Å². The van der Waals surface area contributed by atoms with Crippen molar-refractivity contribution in [2.75, 3.05) is 0 Å². The largest absolute Gasteiger partial charge is 0.271 e. The predicted molar refractivity (Wildman–Crippen MR) is 96.2 cm³/mol. The summed E-state index contributed by atoms with van der Waals surface area (Å²) in [7, 11) is 0. The summed E-state index contributed by atoms with van der Waals surface area (Å²) in [6, 6.07) is 6.07. The second-order valence-corrected chi connectivity index (χ2v) is 7.30. The van der Waals surface area contributed by atoms with Crippen molar-refractivity contribution in [2.24, 2.45) is 5.84 Å². The fourth-order valence-corrected chi connectivity index (χ4v) is 3.65. The van der Waals surface area contributed by atoms with Crippen LogP contribution in [-0.4, -0.2) is 9.78 Å². The standard InChI is InChI=1S/C13H15Br2IN4/c1-2-5-20-13(10(15)7-18-20)12(19-17)9-6-8(14)3-4-11(9)16/h3-4,6-7,12,19H,2,5,17H2,1H3. The Bertz CT molecular complexity index is 600. The van der Waals surface area contributed by atoms with Crippen molar-refractivity contribution >= 4 is 54.5 Å². The Kier molecular flexibility index (Phi) is 6.03. The summed E-state index contributed by atoms with van der Waals surface area (Å²) in [4.78, 5) is 0. The van der Waals surface area contributed by atoms with Gasteiger partial charge >= 0.3 is 0 Å². The van der Waals surface area contributed by atoms with Crippen molar-refractivity contribution in [1.29, 1.82) is 0 Å². The number of benzene rings is 1. The van der Waals surface area contributed by atoms with Crippen LogP contribution in [0.2, 0.25) is 0 Å². The van der Waals surface area contributed by atoms with Gasteiger partial charge in [0.25, 0.3) is 0 Å². The van der Waals surface area contributed by atoms with Gasteiger partial charge in [-0.1, -0.05) is 22.9 Å². The van der Waals surface area contributed by atoms with Gasteiger partial charge in [0.2, 0.25) is 0 Å². The van der Waals surface area contributed by atoms with Crippen LogP contribution >= 0.6 is 54.5 Å². The highest BCUT2D eigenvalue weighted by Crippen LogP contribution is 2.32. The number of rotatable bonds is 5. The van der Waals surface area contributed by atoms with Crippen LogP contribution in [0.1, 0.15) is 30.6 Å². The molecule has 0 amide bonds. The number of nitrogens with two attached hydrogens (primary N) is 1. The van der Waals surface area contributed by atoms with E-state index < -0.39 is 0 Å². The average molecular weight is 514 g/mol. The van der Waals surface area contributed by atoms with Gasteiger partial charge in [-0.2, -0.15) is 5.10 Å². The molecule has 0 saturated heterocycles.